The number of rotatable bonds is 10. The molecule has 0 aromatic heterocycles. The maximum absolute atomic E-state index is 13.7. The Balaban J connectivity index is 1.54. The van der Waals surface area contributed by atoms with Crippen LogP contribution in [0.1, 0.15) is 36.8 Å². The van der Waals surface area contributed by atoms with Gasteiger partial charge in [-0.05, 0) is 47.6 Å². The summed E-state index contributed by atoms with van der Waals surface area (Å²) in [6, 6.07) is 21.8. The maximum Gasteiger partial charge on any atom is 0.245 e. The van der Waals surface area contributed by atoms with Gasteiger partial charge in [0.2, 0.25) is 18.2 Å². The summed E-state index contributed by atoms with van der Waals surface area (Å²) in [5.74, 6) is -0.589. The van der Waals surface area contributed by atoms with Crippen molar-refractivity contribution >= 4 is 29.0 Å². The predicted molar refractivity (Wildman–Crippen MR) is 144 cm³/mol. The number of aliphatic hydroxyl groups is 1. The predicted octanol–water partition coefficient (Wildman–Crippen LogP) is 2.99. The Morgan fingerprint density at radius 1 is 0.973 bits per heavy atom. The van der Waals surface area contributed by atoms with E-state index in [0.717, 1.165) is 41.2 Å². The molecule has 3 N–H and O–H groups in total. The molecule has 4 unspecified atom stereocenters. The molecule has 4 atom stereocenters. The van der Waals surface area contributed by atoms with Gasteiger partial charge in [0.15, 0.2) is 0 Å². The average Bonchev–Trinajstić information content (AvgIpc) is 2.91. The molecule has 1 aliphatic carbocycles. The van der Waals surface area contributed by atoms with Gasteiger partial charge >= 0.3 is 0 Å². The zero-order valence-electron chi connectivity index (χ0n) is 21.2. The number of hydrogen-bond donors (Lipinski definition) is 3. The van der Waals surface area contributed by atoms with Gasteiger partial charge in [-0.15, -0.1) is 0 Å². The third-order valence-corrected chi connectivity index (χ3v) is 7.20. The Hall–Kier alpha value is -3.71. The van der Waals surface area contributed by atoms with E-state index >= 15 is 0 Å². The SMILES string of the molecule is CN(C(=O)C(Cc1ccc2ccccc2c1)NC=O)C(Cc1ccccc1)C(=O)NC1CCCC(O)C1. The minimum Gasteiger partial charge on any atom is -0.393 e. The fourth-order valence-electron chi connectivity index (χ4n) is 5.14. The lowest BCUT2D eigenvalue weighted by molar-refractivity contribution is -0.141. The van der Waals surface area contributed by atoms with Gasteiger partial charge in [0.05, 0.1) is 6.10 Å². The first-order chi connectivity index (χ1) is 17.9. The lowest BCUT2D eigenvalue weighted by Gasteiger charge is -2.33. The highest BCUT2D eigenvalue weighted by Gasteiger charge is 2.33. The minimum atomic E-state index is -0.814. The fraction of sp³-hybridized carbons (Fsp3) is 0.367. The molecule has 7 heteroatoms. The first-order valence-electron chi connectivity index (χ1n) is 12.9. The first kappa shape index (κ1) is 26.4. The van der Waals surface area contributed by atoms with Crippen LogP contribution in [0.4, 0.5) is 0 Å². The van der Waals surface area contributed by atoms with Crippen molar-refractivity contribution in [2.24, 2.45) is 0 Å². The van der Waals surface area contributed by atoms with Crippen molar-refractivity contribution in [1.29, 1.82) is 0 Å². The fourth-order valence-corrected chi connectivity index (χ4v) is 5.14. The molecule has 0 aliphatic heterocycles. The van der Waals surface area contributed by atoms with Gasteiger partial charge in [0.25, 0.3) is 0 Å². The molecule has 3 aromatic carbocycles. The quantitative estimate of drug-likeness (QED) is 0.372. The molecule has 0 heterocycles. The molecule has 0 radical (unpaired) electrons. The summed E-state index contributed by atoms with van der Waals surface area (Å²) in [7, 11) is 1.62. The van der Waals surface area contributed by atoms with E-state index in [1.165, 1.54) is 4.90 Å². The Morgan fingerprint density at radius 3 is 2.43 bits per heavy atom. The second-order valence-electron chi connectivity index (χ2n) is 9.90. The summed E-state index contributed by atoms with van der Waals surface area (Å²) in [5.41, 5.74) is 1.85. The summed E-state index contributed by atoms with van der Waals surface area (Å²) < 4.78 is 0. The van der Waals surface area contributed by atoms with Crippen molar-refractivity contribution in [3.63, 3.8) is 0 Å². The number of benzene rings is 3. The molecule has 4 rings (SSSR count). The zero-order valence-corrected chi connectivity index (χ0v) is 21.2. The van der Waals surface area contributed by atoms with Gasteiger partial charge in [-0.2, -0.15) is 0 Å². The number of amides is 3. The van der Waals surface area contributed by atoms with Crippen LogP contribution in [0, 0.1) is 0 Å². The molecule has 1 fully saturated rings. The molecular formula is C30H35N3O4. The van der Waals surface area contributed by atoms with Crippen LogP contribution in [0.5, 0.6) is 0 Å². The van der Waals surface area contributed by atoms with Crippen molar-refractivity contribution in [1.82, 2.24) is 15.5 Å². The molecule has 3 aromatic rings. The van der Waals surface area contributed by atoms with Crippen LogP contribution in [-0.2, 0) is 27.2 Å². The van der Waals surface area contributed by atoms with Gasteiger partial charge in [-0.3, -0.25) is 14.4 Å². The van der Waals surface area contributed by atoms with Crippen molar-refractivity contribution in [3.8, 4) is 0 Å². The molecule has 3 amide bonds. The van der Waals surface area contributed by atoms with E-state index < -0.39 is 18.2 Å². The van der Waals surface area contributed by atoms with Crippen molar-refractivity contribution < 1.29 is 19.5 Å². The molecule has 0 bridgehead atoms. The third-order valence-electron chi connectivity index (χ3n) is 7.20. The standard InChI is InChI=1S/C30H35N3O4/c1-33(30(37)27(31-20-34)17-22-14-15-23-10-5-6-11-24(23)16-22)28(18-21-8-3-2-4-9-21)29(36)32-25-12-7-13-26(35)19-25/h2-6,8-11,14-16,20,25-28,35H,7,12-13,17-19H2,1H3,(H,31,34)(H,32,36). The summed E-state index contributed by atoms with van der Waals surface area (Å²) >= 11 is 0. The lowest BCUT2D eigenvalue weighted by Crippen LogP contribution is -2.56. The van der Waals surface area contributed by atoms with Gasteiger partial charge in [0.1, 0.15) is 12.1 Å². The number of nitrogens with one attached hydrogen (secondary N) is 2. The topological polar surface area (TPSA) is 98.7 Å². The van der Waals surface area contributed by atoms with E-state index in [1.54, 1.807) is 7.05 Å². The van der Waals surface area contributed by atoms with Crippen LogP contribution in [0.3, 0.4) is 0 Å². The Kier molecular flexibility index (Phi) is 8.90. The van der Waals surface area contributed by atoms with Crippen LogP contribution in [0.25, 0.3) is 10.8 Å². The molecule has 1 aliphatic rings. The number of likely N-dealkylation sites (N-methyl/N-ethyl adjacent to an activating group) is 1. The van der Waals surface area contributed by atoms with E-state index in [0.29, 0.717) is 25.7 Å². The Labute approximate surface area is 217 Å². The number of carbonyl (C=O) groups is 3. The lowest BCUT2D eigenvalue weighted by atomic mass is 9.92. The molecule has 194 valence electrons. The van der Waals surface area contributed by atoms with Crippen molar-refractivity contribution in [3.05, 3.63) is 83.9 Å². The average molecular weight is 502 g/mol. The van der Waals surface area contributed by atoms with E-state index in [1.807, 2.05) is 72.8 Å². The highest BCUT2D eigenvalue weighted by molar-refractivity contribution is 5.91. The molecule has 0 saturated heterocycles. The van der Waals surface area contributed by atoms with Crippen LogP contribution in [0.15, 0.2) is 72.8 Å². The minimum absolute atomic E-state index is 0.125. The van der Waals surface area contributed by atoms with E-state index in [9.17, 15) is 19.5 Å². The number of carbonyl (C=O) groups excluding carboxylic acids is 3. The highest BCUT2D eigenvalue weighted by atomic mass is 16.3. The molecule has 0 spiro atoms. The van der Waals surface area contributed by atoms with E-state index in [-0.39, 0.29) is 17.9 Å². The highest BCUT2D eigenvalue weighted by Crippen LogP contribution is 2.20. The number of hydrogen-bond acceptors (Lipinski definition) is 4. The third kappa shape index (κ3) is 6.95. The second kappa shape index (κ2) is 12.5. The van der Waals surface area contributed by atoms with Gasteiger partial charge in [-0.25, -0.2) is 0 Å². The van der Waals surface area contributed by atoms with Crippen LogP contribution >= 0.6 is 0 Å². The summed E-state index contributed by atoms with van der Waals surface area (Å²) in [6.07, 6.45) is 3.67. The van der Waals surface area contributed by atoms with Crippen molar-refractivity contribution in [2.75, 3.05) is 7.05 Å². The number of nitrogens with zero attached hydrogens (tertiary/aromatic N) is 1. The monoisotopic (exact) mass is 501 g/mol. The smallest absolute Gasteiger partial charge is 0.245 e. The largest absolute Gasteiger partial charge is 0.393 e. The summed E-state index contributed by atoms with van der Waals surface area (Å²) in [5, 5.41) is 17.9. The van der Waals surface area contributed by atoms with Gasteiger partial charge in [-0.1, -0.05) is 72.8 Å². The van der Waals surface area contributed by atoms with Crippen molar-refractivity contribution in [2.45, 2.75) is 62.8 Å². The first-order valence-corrected chi connectivity index (χ1v) is 12.9. The normalized spacial score (nSPS) is 19.0. The van der Waals surface area contributed by atoms with Crippen LogP contribution in [-0.4, -0.2) is 59.5 Å². The summed E-state index contributed by atoms with van der Waals surface area (Å²) in [4.78, 5) is 40.0. The van der Waals surface area contributed by atoms with Crippen LogP contribution < -0.4 is 10.6 Å². The molecule has 7 nitrogen and oxygen atoms in total. The molecular weight excluding hydrogens is 466 g/mol. The molecule has 37 heavy (non-hydrogen) atoms. The van der Waals surface area contributed by atoms with Gasteiger partial charge in [0, 0.05) is 25.9 Å². The number of fused-ring (bicyclic) bond motifs is 1. The van der Waals surface area contributed by atoms with E-state index in [2.05, 4.69) is 10.6 Å². The second-order valence-corrected chi connectivity index (χ2v) is 9.90. The summed E-state index contributed by atoms with van der Waals surface area (Å²) in [6.45, 7) is 0. The van der Waals surface area contributed by atoms with E-state index in [4.69, 9.17) is 0 Å². The molecule has 1 saturated carbocycles. The number of aliphatic hydroxyl groups excluding tert-OH is 1. The zero-order chi connectivity index (χ0) is 26.2. The Bertz CT molecular complexity index is 1220. The van der Waals surface area contributed by atoms with Crippen LogP contribution in [0.2, 0.25) is 0 Å². The van der Waals surface area contributed by atoms with Gasteiger partial charge < -0.3 is 20.6 Å². The maximum atomic E-state index is 13.7. The Morgan fingerprint density at radius 2 is 1.70 bits per heavy atom.